The number of rotatable bonds is 4. The number of aromatic nitrogens is 1. The largest absolute Gasteiger partial charge is 0.467 e. The van der Waals surface area contributed by atoms with Crippen LogP contribution < -0.4 is 10.6 Å². The summed E-state index contributed by atoms with van der Waals surface area (Å²) in [4.78, 5) is 16.0. The lowest BCUT2D eigenvalue weighted by Gasteiger charge is -2.16. The van der Waals surface area contributed by atoms with Gasteiger partial charge in [-0.15, -0.1) is 0 Å². The van der Waals surface area contributed by atoms with Crippen LogP contribution in [0.25, 0.3) is 0 Å². The molecule has 0 aliphatic heterocycles. The number of anilines is 2. The molecule has 0 aliphatic rings. The van der Waals surface area contributed by atoms with Crippen LogP contribution >= 0.6 is 0 Å². The molecule has 0 amide bonds. The first-order chi connectivity index (χ1) is 8.58. The van der Waals surface area contributed by atoms with Gasteiger partial charge in [-0.05, 0) is 18.2 Å². The fourth-order valence-electron chi connectivity index (χ4n) is 1.59. The molecule has 7 nitrogen and oxygen atoms in total. The van der Waals surface area contributed by atoms with Crippen molar-refractivity contribution in [3.8, 4) is 0 Å². The van der Waals surface area contributed by atoms with E-state index < -0.39 is 4.92 Å². The summed E-state index contributed by atoms with van der Waals surface area (Å²) in [6.07, 6.45) is 1.55. The lowest BCUT2D eigenvalue weighted by molar-refractivity contribution is -0.384. The second-order valence-electron chi connectivity index (χ2n) is 3.77. The van der Waals surface area contributed by atoms with Crippen LogP contribution in [0.1, 0.15) is 5.76 Å². The third-order valence-corrected chi connectivity index (χ3v) is 2.41. The minimum absolute atomic E-state index is 0.0849. The summed E-state index contributed by atoms with van der Waals surface area (Å²) >= 11 is 0. The van der Waals surface area contributed by atoms with Crippen molar-refractivity contribution in [3.05, 3.63) is 46.4 Å². The molecule has 0 saturated carbocycles. The Labute approximate surface area is 103 Å². The van der Waals surface area contributed by atoms with Crippen molar-refractivity contribution < 1.29 is 9.34 Å². The first kappa shape index (κ1) is 11.9. The van der Waals surface area contributed by atoms with Gasteiger partial charge in [0.2, 0.25) is 5.82 Å². The quantitative estimate of drug-likeness (QED) is 0.654. The number of furan rings is 1. The van der Waals surface area contributed by atoms with Crippen molar-refractivity contribution in [2.45, 2.75) is 6.54 Å². The maximum Gasteiger partial charge on any atom is 0.311 e. The Morgan fingerprint density at radius 1 is 1.50 bits per heavy atom. The van der Waals surface area contributed by atoms with Gasteiger partial charge in [0.25, 0.3) is 0 Å². The van der Waals surface area contributed by atoms with Crippen LogP contribution in [0.2, 0.25) is 0 Å². The number of hydrogen-bond acceptors (Lipinski definition) is 6. The zero-order valence-electron chi connectivity index (χ0n) is 9.74. The van der Waals surface area contributed by atoms with E-state index in [-0.39, 0.29) is 17.3 Å². The van der Waals surface area contributed by atoms with Crippen molar-refractivity contribution >= 4 is 17.3 Å². The van der Waals surface area contributed by atoms with Gasteiger partial charge in [-0.25, -0.2) is 4.98 Å². The van der Waals surface area contributed by atoms with Crippen LogP contribution in [0.3, 0.4) is 0 Å². The van der Waals surface area contributed by atoms with E-state index in [1.165, 1.54) is 12.1 Å². The molecule has 18 heavy (non-hydrogen) atoms. The molecule has 0 radical (unpaired) electrons. The van der Waals surface area contributed by atoms with Crippen molar-refractivity contribution in [1.82, 2.24) is 4.98 Å². The van der Waals surface area contributed by atoms with E-state index in [9.17, 15) is 10.1 Å². The molecule has 0 bridgehead atoms. The highest BCUT2D eigenvalue weighted by molar-refractivity contribution is 5.60. The second kappa shape index (κ2) is 4.74. The van der Waals surface area contributed by atoms with Crippen LogP contribution in [0, 0.1) is 10.1 Å². The highest BCUT2D eigenvalue weighted by Gasteiger charge is 2.19. The van der Waals surface area contributed by atoms with Gasteiger partial charge < -0.3 is 15.1 Å². The zero-order valence-corrected chi connectivity index (χ0v) is 9.74. The predicted octanol–water partition coefficient (Wildman–Crippen LogP) is 1.80. The number of nitrogens with zero attached hydrogens (tertiary/aromatic N) is 3. The Morgan fingerprint density at radius 2 is 2.28 bits per heavy atom. The van der Waals surface area contributed by atoms with Gasteiger partial charge >= 0.3 is 5.69 Å². The first-order valence-corrected chi connectivity index (χ1v) is 5.22. The average molecular weight is 248 g/mol. The summed E-state index contributed by atoms with van der Waals surface area (Å²) in [5.41, 5.74) is 5.47. The minimum atomic E-state index is -0.486. The van der Waals surface area contributed by atoms with Crippen molar-refractivity contribution in [3.63, 3.8) is 0 Å². The molecule has 2 aromatic rings. The number of nitrogen functional groups attached to an aromatic ring is 1. The van der Waals surface area contributed by atoms with Gasteiger partial charge in [0.1, 0.15) is 11.6 Å². The Bertz CT molecular complexity index is 553. The van der Waals surface area contributed by atoms with Crippen LogP contribution in [0.5, 0.6) is 0 Å². The summed E-state index contributed by atoms with van der Waals surface area (Å²) in [6.45, 7) is 0.379. The summed E-state index contributed by atoms with van der Waals surface area (Å²) in [5, 5.41) is 10.9. The molecular weight excluding hydrogens is 236 g/mol. The third kappa shape index (κ3) is 2.40. The number of nitro groups is 1. The second-order valence-corrected chi connectivity index (χ2v) is 3.77. The van der Waals surface area contributed by atoms with Crippen molar-refractivity contribution in [2.75, 3.05) is 17.7 Å². The highest BCUT2D eigenvalue weighted by Crippen LogP contribution is 2.26. The molecule has 2 heterocycles. The molecule has 0 unspecified atom stereocenters. The molecule has 0 spiro atoms. The molecule has 94 valence electrons. The lowest BCUT2D eigenvalue weighted by Crippen LogP contribution is -2.19. The van der Waals surface area contributed by atoms with Gasteiger partial charge in [0.05, 0.1) is 17.7 Å². The van der Waals surface area contributed by atoms with E-state index in [4.69, 9.17) is 10.2 Å². The molecule has 0 aromatic carbocycles. The summed E-state index contributed by atoms with van der Waals surface area (Å²) < 4.78 is 5.19. The van der Waals surface area contributed by atoms with E-state index in [2.05, 4.69) is 4.98 Å². The van der Waals surface area contributed by atoms with Gasteiger partial charge in [-0.3, -0.25) is 10.1 Å². The molecule has 7 heteroatoms. The van der Waals surface area contributed by atoms with Crippen LogP contribution in [0.4, 0.5) is 17.3 Å². The van der Waals surface area contributed by atoms with Gasteiger partial charge in [-0.1, -0.05) is 0 Å². The SMILES string of the molecule is CN(Cc1ccco1)c1nc(N)ccc1[N+](=O)[O-]. The lowest BCUT2D eigenvalue weighted by atomic mass is 10.3. The monoisotopic (exact) mass is 248 g/mol. The third-order valence-electron chi connectivity index (χ3n) is 2.41. The van der Waals surface area contributed by atoms with E-state index in [0.717, 1.165) is 0 Å². The summed E-state index contributed by atoms with van der Waals surface area (Å²) in [6, 6.07) is 6.29. The van der Waals surface area contributed by atoms with Crippen LogP contribution in [-0.2, 0) is 6.54 Å². The number of nitrogens with two attached hydrogens (primary N) is 1. The molecule has 2 rings (SSSR count). The predicted molar refractivity (Wildman–Crippen MR) is 66.1 cm³/mol. The fraction of sp³-hybridized carbons (Fsp3) is 0.182. The average Bonchev–Trinajstić information content (AvgIpc) is 2.81. The molecular formula is C11H12N4O3. The van der Waals surface area contributed by atoms with E-state index >= 15 is 0 Å². The van der Waals surface area contributed by atoms with Crippen molar-refractivity contribution in [1.29, 1.82) is 0 Å². The van der Waals surface area contributed by atoms with Crippen LogP contribution in [-0.4, -0.2) is 17.0 Å². The Morgan fingerprint density at radius 3 is 2.89 bits per heavy atom. The normalized spacial score (nSPS) is 10.3. The van der Waals surface area contributed by atoms with Crippen LogP contribution in [0.15, 0.2) is 34.9 Å². The fourth-order valence-corrected chi connectivity index (χ4v) is 1.59. The number of pyridine rings is 1. The first-order valence-electron chi connectivity index (χ1n) is 5.22. The Hall–Kier alpha value is -2.57. The summed E-state index contributed by atoms with van der Waals surface area (Å²) in [7, 11) is 1.69. The molecule has 2 N–H and O–H groups in total. The van der Waals surface area contributed by atoms with Gasteiger partial charge in [0.15, 0.2) is 0 Å². The molecule has 0 fully saturated rings. The maximum atomic E-state index is 10.9. The Balaban J connectivity index is 2.31. The maximum absolute atomic E-state index is 10.9. The minimum Gasteiger partial charge on any atom is -0.467 e. The molecule has 0 aliphatic carbocycles. The topological polar surface area (TPSA) is 98.4 Å². The number of hydrogen-bond donors (Lipinski definition) is 1. The summed E-state index contributed by atoms with van der Waals surface area (Å²) in [5.74, 6) is 1.15. The molecule has 2 aromatic heterocycles. The van der Waals surface area contributed by atoms with Gasteiger partial charge in [0, 0.05) is 13.1 Å². The zero-order chi connectivity index (χ0) is 13.1. The van der Waals surface area contributed by atoms with E-state index in [1.807, 2.05) is 0 Å². The molecule has 0 atom stereocenters. The van der Waals surface area contributed by atoms with E-state index in [1.54, 1.807) is 30.3 Å². The molecule has 0 saturated heterocycles. The Kier molecular flexibility index (Phi) is 3.13. The smallest absolute Gasteiger partial charge is 0.311 e. The van der Waals surface area contributed by atoms with Gasteiger partial charge in [-0.2, -0.15) is 0 Å². The highest BCUT2D eigenvalue weighted by atomic mass is 16.6. The van der Waals surface area contributed by atoms with Crippen molar-refractivity contribution in [2.24, 2.45) is 0 Å². The standard InChI is InChI=1S/C11H12N4O3/c1-14(7-8-3-2-6-18-8)11-9(15(16)17)4-5-10(12)13-11/h2-6H,7H2,1H3,(H2,12,13). The van der Waals surface area contributed by atoms with E-state index in [0.29, 0.717) is 12.3 Å².